The standard InChI is InChI=1S/C32H40N2.CH4O.H2O2/c1-33-25-7-5-3-4-6-8-27-9-11-28(12-10-27)13-14-29-15-17-30(18-16-29)19-20-31-21-23-32(24-22-31)26-34-2;2*1-2/h9-24,33-34H,3-8,25-26H2,1-2H3;2H,1H3;1-2H/b14-13+,20-19+;;. The average Bonchev–Trinajstić information content (AvgIpc) is 2.99. The molecule has 3 aromatic carbocycles. The van der Waals surface area contributed by atoms with Gasteiger partial charge < -0.3 is 15.7 Å². The van der Waals surface area contributed by atoms with Crippen molar-refractivity contribution >= 4 is 24.3 Å². The summed E-state index contributed by atoms with van der Waals surface area (Å²) in [5, 5.41) is 25.4. The van der Waals surface area contributed by atoms with Crippen molar-refractivity contribution in [1.82, 2.24) is 10.6 Å². The molecule has 0 aliphatic rings. The Morgan fingerprint density at radius 3 is 1.29 bits per heavy atom. The first-order valence-corrected chi connectivity index (χ1v) is 13.3. The van der Waals surface area contributed by atoms with E-state index in [1.165, 1.54) is 71.9 Å². The molecule has 5 nitrogen and oxygen atoms in total. The Morgan fingerprint density at radius 2 is 0.868 bits per heavy atom. The largest absolute Gasteiger partial charge is 0.400 e. The minimum Gasteiger partial charge on any atom is -0.400 e. The number of nitrogens with one attached hydrogen (secondary N) is 2. The molecule has 0 radical (unpaired) electrons. The van der Waals surface area contributed by atoms with Crippen molar-refractivity contribution in [3.8, 4) is 0 Å². The molecule has 0 bridgehead atoms. The van der Waals surface area contributed by atoms with E-state index < -0.39 is 0 Å². The fraction of sp³-hybridized carbons (Fsp3) is 0.333. The molecule has 0 atom stereocenters. The molecule has 3 aromatic rings. The van der Waals surface area contributed by atoms with E-state index in [4.69, 9.17) is 15.6 Å². The van der Waals surface area contributed by atoms with Crippen LogP contribution in [0, 0.1) is 0 Å². The van der Waals surface area contributed by atoms with Crippen LogP contribution in [0.2, 0.25) is 0 Å². The van der Waals surface area contributed by atoms with E-state index in [1.54, 1.807) is 0 Å². The second-order valence-corrected chi connectivity index (χ2v) is 8.97. The number of hydrogen-bond acceptors (Lipinski definition) is 5. The van der Waals surface area contributed by atoms with Crippen LogP contribution < -0.4 is 10.6 Å². The number of aryl methyl sites for hydroxylation is 1. The van der Waals surface area contributed by atoms with Crippen LogP contribution >= 0.6 is 0 Å². The summed E-state index contributed by atoms with van der Waals surface area (Å²) in [6.07, 6.45) is 16.5. The summed E-state index contributed by atoms with van der Waals surface area (Å²) in [4.78, 5) is 0. The van der Waals surface area contributed by atoms with Crippen molar-refractivity contribution in [2.75, 3.05) is 27.7 Å². The van der Waals surface area contributed by atoms with Crippen molar-refractivity contribution in [2.45, 2.75) is 45.1 Å². The molecule has 0 saturated carbocycles. The van der Waals surface area contributed by atoms with Gasteiger partial charge in [0, 0.05) is 13.7 Å². The molecule has 0 spiro atoms. The maximum atomic E-state index is 7.00. The molecular formula is C33H46N2O3. The summed E-state index contributed by atoms with van der Waals surface area (Å²) in [5.41, 5.74) is 7.65. The number of aliphatic hydroxyl groups excluding tert-OH is 1. The van der Waals surface area contributed by atoms with Crippen LogP contribution in [-0.4, -0.2) is 43.4 Å². The average molecular weight is 519 g/mol. The number of benzene rings is 3. The van der Waals surface area contributed by atoms with Gasteiger partial charge in [-0.1, -0.05) is 116 Å². The van der Waals surface area contributed by atoms with Crippen LogP contribution in [0.3, 0.4) is 0 Å². The third-order valence-corrected chi connectivity index (χ3v) is 6.11. The maximum absolute atomic E-state index is 7.00. The van der Waals surface area contributed by atoms with Gasteiger partial charge in [0.2, 0.25) is 0 Å². The van der Waals surface area contributed by atoms with Crippen LogP contribution in [-0.2, 0) is 13.0 Å². The molecule has 5 heteroatoms. The second-order valence-electron chi connectivity index (χ2n) is 8.97. The fourth-order valence-corrected chi connectivity index (χ4v) is 4.01. The molecule has 5 N–H and O–H groups in total. The Bertz CT molecular complexity index is 1010. The number of hydrogen-bond donors (Lipinski definition) is 5. The molecule has 0 heterocycles. The third-order valence-electron chi connectivity index (χ3n) is 6.11. The highest BCUT2D eigenvalue weighted by Crippen LogP contribution is 2.15. The molecule has 0 aromatic heterocycles. The summed E-state index contributed by atoms with van der Waals surface area (Å²) in [6.45, 7) is 2.05. The number of unbranched alkanes of at least 4 members (excludes halogenated alkanes) is 4. The van der Waals surface area contributed by atoms with Crippen molar-refractivity contribution in [2.24, 2.45) is 0 Å². The molecule has 0 aliphatic heterocycles. The van der Waals surface area contributed by atoms with E-state index >= 15 is 0 Å². The van der Waals surface area contributed by atoms with Crippen molar-refractivity contribution < 1.29 is 15.6 Å². The first-order chi connectivity index (χ1) is 18.8. The molecule has 0 saturated heterocycles. The van der Waals surface area contributed by atoms with Gasteiger partial charge in [-0.05, 0) is 73.3 Å². The lowest BCUT2D eigenvalue weighted by molar-refractivity contribution is -0.176. The Labute approximate surface area is 229 Å². The molecule has 0 aliphatic carbocycles. The quantitative estimate of drug-likeness (QED) is 0.0681. The van der Waals surface area contributed by atoms with Crippen LogP contribution in [0.4, 0.5) is 0 Å². The lowest BCUT2D eigenvalue weighted by atomic mass is 10.0. The fourth-order valence-electron chi connectivity index (χ4n) is 4.01. The SMILES string of the molecule is CNCCCCCCCc1ccc(/C=C/c2ccc(/C=C/c3ccc(CNC)cc3)cc2)cc1.CO.OO. The topological polar surface area (TPSA) is 84.8 Å². The normalized spacial score (nSPS) is 10.7. The lowest BCUT2D eigenvalue weighted by Gasteiger charge is -2.03. The molecular weight excluding hydrogens is 472 g/mol. The Morgan fingerprint density at radius 1 is 0.500 bits per heavy atom. The van der Waals surface area contributed by atoms with Crippen LogP contribution in [0.25, 0.3) is 24.3 Å². The molecule has 0 unspecified atom stereocenters. The Balaban J connectivity index is 0.00000172. The summed E-state index contributed by atoms with van der Waals surface area (Å²) in [7, 11) is 5.00. The highest BCUT2D eigenvalue weighted by Gasteiger charge is 1.96. The van der Waals surface area contributed by atoms with Crippen LogP contribution in [0.1, 0.15) is 65.5 Å². The molecule has 0 fully saturated rings. The maximum Gasteiger partial charge on any atom is 0.0319 e. The van der Waals surface area contributed by atoms with Gasteiger partial charge in [0.25, 0.3) is 0 Å². The molecule has 0 amide bonds. The summed E-state index contributed by atoms with van der Waals surface area (Å²) >= 11 is 0. The van der Waals surface area contributed by atoms with E-state index in [1.807, 2.05) is 14.1 Å². The number of aliphatic hydroxyl groups is 1. The predicted molar refractivity (Wildman–Crippen MR) is 164 cm³/mol. The van der Waals surface area contributed by atoms with Crippen LogP contribution in [0.5, 0.6) is 0 Å². The summed E-state index contributed by atoms with van der Waals surface area (Å²) in [5.74, 6) is 0. The van der Waals surface area contributed by atoms with E-state index in [0.29, 0.717) is 0 Å². The third kappa shape index (κ3) is 14.0. The van der Waals surface area contributed by atoms with Gasteiger partial charge >= 0.3 is 0 Å². The molecule has 38 heavy (non-hydrogen) atoms. The minimum absolute atomic E-state index is 0.904. The van der Waals surface area contributed by atoms with Gasteiger partial charge in [-0.15, -0.1) is 0 Å². The van der Waals surface area contributed by atoms with Gasteiger partial charge in [-0.25, -0.2) is 0 Å². The lowest BCUT2D eigenvalue weighted by Crippen LogP contribution is -2.06. The van der Waals surface area contributed by atoms with Gasteiger partial charge in [-0.2, -0.15) is 0 Å². The summed E-state index contributed by atoms with van der Waals surface area (Å²) in [6, 6.07) is 26.4. The monoisotopic (exact) mass is 518 g/mol. The number of rotatable bonds is 14. The van der Waals surface area contributed by atoms with Crippen molar-refractivity contribution in [1.29, 1.82) is 0 Å². The smallest absolute Gasteiger partial charge is 0.0319 e. The Hall–Kier alpha value is -3.06. The van der Waals surface area contributed by atoms with Crippen molar-refractivity contribution in [3.63, 3.8) is 0 Å². The zero-order valence-corrected chi connectivity index (χ0v) is 23.2. The van der Waals surface area contributed by atoms with Gasteiger partial charge in [0.05, 0.1) is 0 Å². The highest BCUT2D eigenvalue weighted by atomic mass is 17.0. The van der Waals surface area contributed by atoms with Crippen LogP contribution in [0.15, 0.2) is 72.8 Å². The van der Waals surface area contributed by atoms with E-state index in [2.05, 4.69) is 108 Å². The van der Waals surface area contributed by atoms with Crippen molar-refractivity contribution in [3.05, 3.63) is 106 Å². The zero-order valence-electron chi connectivity index (χ0n) is 23.2. The first kappa shape index (κ1) is 33.0. The van der Waals surface area contributed by atoms with E-state index in [-0.39, 0.29) is 0 Å². The molecule has 3 rings (SSSR count). The van der Waals surface area contributed by atoms with Gasteiger partial charge in [-0.3, -0.25) is 10.5 Å². The van der Waals surface area contributed by atoms with Gasteiger partial charge in [0.15, 0.2) is 0 Å². The Kier molecular flexibility index (Phi) is 19.1. The highest BCUT2D eigenvalue weighted by molar-refractivity contribution is 5.73. The molecule has 206 valence electrons. The zero-order chi connectivity index (χ0) is 27.8. The van der Waals surface area contributed by atoms with Gasteiger partial charge in [0.1, 0.15) is 0 Å². The second kappa shape index (κ2) is 22.0. The van der Waals surface area contributed by atoms with E-state index in [9.17, 15) is 0 Å². The first-order valence-electron chi connectivity index (χ1n) is 13.3. The predicted octanol–water partition coefficient (Wildman–Crippen LogP) is 7.09. The van der Waals surface area contributed by atoms with E-state index in [0.717, 1.165) is 20.2 Å². The summed E-state index contributed by atoms with van der Waals surface area (Å²) < 4.78 is 0. The minimum atomic E-state index is 0.904.